The fraction of sp³-hybridized carbons (Fsp3) is 0.222. The molecule has 1 N–H and O–H groups in total. The van der Waals surface area contributed by atoms with E-state index in [1.165, 1.54) is 0 Å². The first-order valence-corrected chi connectivity index (χ1v) is 3.66. The van der Waals surface area contributed by atoms with Gasteiger partial charge in [0.05, 0.1) is 0 Å². The summed E-state index contributed by atoms with van der Waals surface area (Å²) in [5.74, 6) is 0. The number of rotatable bonds is 1. The Morgan fingerprint density at radius 3 is 2.55 bits per heavy atom. The van der Waals surface area contributed by atoms with Crippen LogP contribution in [0.2, 0.25) is 0 Å². The van der Waals surface area contributed by atoms with Crippen LogP contribution in [0.4, 0.5) is 0 Å². The molecule has 1 aromatic rings. The Bertz CT molecular complexity index is 221. The van der Waals surface area contributed by atoms with Gasteiger partial charge in [-0.25, -0.2) is 0 Å². The van der Waals surface area contributed by atoms with E-state index in [0.29, 0.717) is 0 Å². The molecule has 1 heterocycles. The van der Waals surface area contributed by atoms with Gasteiger partial charge in [0.15, 0.2) is 0 Å². The van der Waals surface area contributed by atoms with Gasteiger partial charge in [-0.15, -0.1) is 0 Å². The average molecular weight is 152 g/mol. The molecule has 2 heteroatoms. The van der Waals surface area contributed by atoms with Crippen LogP contribution in [0.25, 0.3) is 6.08 Å². The van der Waals surface area contributed by atoms with Crippen molar-refractivity contribution < 1.29 is 9.94 Å². The predicted molar refractivity (Wildman–Crippen MR) is 45.3 cm³/mol. The van der Waals surface area contributed by atoms with Gasteiger partial charge >= 0.3 is 0 Å². The smallest absolute Gasteiger partial charge is 0.229 e. The normalized spacial score (nSPS) is 7.82. The first-order valence-electron chi connectivity index (χ1n) is 3.66. The zero-order valence-electron chi connectivity index (χ0n) is 6.99. The Morgan fingerprint density at radius 1 is 1.55 bits per heavy atom. The van der Waals surface area contributed by atoms with E-state index in [9.17, 15) is 0 Å². The summed E-state index contributed by atoms with van der Waals surface area (Å²) in [6, 6.07) is 3.61. The molecule has 1 rings (SSSR count). The van der Waals surface area contributed by atoms with Crippen molar-refractivity contribution in [3.05, 3.63) is 36.7 Å². The van der Waals surface area contributed by atoms with E-state index in [4.69, 9.17) is 5.21 Å². The van der Waals surface area contributed by atoms with E-state index in [1.54, 1.807) is 24.5 Å². The lowest BCUT2D eigenvalue weighted by molar-refractivity contribution is -0.904. The number of aromatic nitrogens is 1. The highest BCUT2D eigenvalue weighted by Gasteiger charge is 1.93. The molecule has 0 spiro atoms. The Morgan fingerprint density at radius 2 is 2.18 bits per heavy atom. The maximum absolute atomic E-state index is 8.81. The summed E-state index contributed by atoms with van der Waals surface area (Å²) in [4.78, 5) is 0. The minimum Gasteiger partial charge on any atom is -0.285 e. The third kappa shape index (κ3) is 3.40. The molecule has 0 aliphatic rings. The van der Waals surface area contributed by atoms with Crippen LogP contribution in [0, 0.1) is 0 Å². The molecule has 1 aromatic heterocycles. The second kappa shape index (κ2) is 5.47. The van der Waals surface area contributed by atoms with Gasteiger partial charge in [-0.1, -0.05) is 26.5 Å². The van der Waals surface area contributed by atoms with Crippen molar-refractivity contribution in [2.24, 2.45) is 0 Å². The first-order chi connectivity index (χ1) is 5.33. The van der Waals surface area contributed by atoms with Crippen molar-refractivity contribution >= 4 is 6.08 Å². The summed E-state index contributed by atoms with van der Waals surface area (Å²) in [6.07, 6.45) is 4.80. The van der Waals surface area contributed by atoms with Crippen LogP contribution in [0.3, 0.4) is 0 Å². The largest absolute Gasteiger partial charge is 0.285 e. The first kappa shape index (κ1) is 9.69. The molecule has 0 saturated heterocycles. The van der Waals surface area contributed by atoms with Crippen LogP contribution in [0.5, 0.6) is 0 Å². The molecular formula is C9H14NO+. The summed E-state index contributed by atoms with van der Waals surface area (Å²) in [5, 5.41) is 8.81. The molecule has 0 aromatic carbocycles. The zero-order chi connectivity index (χ0) is 8.69. The van der Waals surface area contributed by atoms with Crippen LogP contribution in [0.15, 0.2) is 31.1 Å². The highest BCUT2D eigenvalue weighted by molar-refractivity contribution is 5.43. The number of nitrogens with zero attached hydrogens (tertiary/aromatic N) is 1. The molecule has 2 nitrogen and oxygen atoms in total. The lowest BCUT2D eigenvalue weighted by Crippen LogP contribution is -2.28. The molecule has 0 saturated carbocycles. The van der Waals surface area contributed by atoms with Crippen LogP contribution in [-0.2, 0) is 0 Å². The van der Waals surface area contributed by atoms with Gasteiger partial charge in [-0.2, -0.15) is 0 Å². The summed E-state index contributed by atoms with van der Waals surface area (Å²) in [7, 11) is 0. The van der Waals surface area contributed by atoms with Gasteiger partial charge in [0.1, 0.15) is 0 Å². The van der Waals surface area contributed by atoms with E-state index < -0.39 is 0 Å². The van der Waals surface area contributed by atoms with E-state index in [-0.39, 0.29) is 0 Å². The van der Waals surface area contributed by atoms with Crippen molar-refractivity contribution in [1.29, 1.82) is 0 Å². The molecule has 60 valence electrons. The number of hydrogen-bond donors (Lipinski definition) is 1. The van der Waals surface area contributed by atoms with Crippen molar-refractivity contribution in [2.75, 3.05) is 0 Å². The van der Waals surface area contributed by atoms with E-state index in [0.717, 1.165) is 10.3 Å². The fourth-order valence-corrected chi connectivity index (χ4v) is 0.602. The van der Waals surface area contributed by atoms with E-state index >= 15 is 0 Å². The van der Waals surface area contributed by atoms with E-state index in [1.807, 2.05) is 19.9 Å². The third-order valence-electron chi connectivity index (χ3n) is 1.04. The van der Waals surface area contributed by atoms with Crippen molar-refractivity contribution in [1.82, 2.24) is 0 Å². The summed E-state index contributed by atoms with van der Waals surface area (Å²) in [6.45, 7) is 7.55. The van der Waals surface area contributed by atoms with E-state index in [2.05, 4.69) is 6.58 Å². The Labute approximate surface area is 67.4 Å². The molecule has 0 aliphatic heterocycles. The fourth-order valence-electron chi connectivity index (χ4n) is 0.602. The Kier molecular flexibility index (Phi) is 4.82. The minimum absolute atomic E-state index is 0.903. The van der Waals surface area contributed by atoms with Crippen molar-refractivity contribution in [2.45, 2.75) is 13.8 Å². The highest BCUT2D eigenvalue weighted by Crippen LogP contribution is 1.93. The summed E-state index contributed by atoms with van der Waals surface area (Å²) >= 11 is 0. The maximum atomic E-state index is 8.81. The third-order valence-corrected chi connectivity index (χ3v) is 1.04. The lowest BCUT2D eigenvalue weighted by Gasteiger charge is -1.84. The molecule has 0 radical (unpaired) electrons. The van der Waals surface area contributed by atoms with Crippen LogP contribution in [0.1, 0.15) is 19.4 Å². The van der Waals surface area contributed by atoms with Gasteiger partial charge in [0.2, 0.25) is 12.4 Å². The topological polar surface area (TPSA) is 24.1 Å². The van der Waals surface area contributed by atoms with Crippen molar-refractivity contribution in [3.8, 4) is 0 Å². The second-order valence-electron chi connectivity index (χ2n) is 1.72. The van der Waals surface area contributed by atoms with Gasteiger partial charge in [-0.05, 0) is 6.07 Å². The van der Waals surface area contributed by atoms with Gasteiger partial charge in [-0.3, -0.25) is 5.21 Å². The predicted octanol–water partition coefficient (Wildman–Crippen LogP) is 1.88. The molecule has 0 fully saturated rings. The van der Waals surface area contributed by atoms with Crippen LogP contribution < -0.4 is 4.73 Å². The number of hydrogen-bond acceptors (Lipinski definition) is 1. The SMILES string of the molecule is C=Cc1ccc[n+](O)c1.CC. The zero-order valence-corrected chi connectivity index (χ0v) is 6.99. The Balaban J connectivity index is 0.000000461. The van der Waals surface area contributed by atoms with Crippen molar-refractivity contribution in [3.63, 3.8) is 0 Å². The quantitative estimate of drug-likeness (QED) is 0.482. The molecule has 0 atom stereocenters. The van der Waals surface area contributed by atoms with Gasteiger partial charge < -0.3 is 0 Å². The highest BCUT2D eigenvalue weighted by atomic mass is 16.5. The lowest BCUT2D eigenvalue weighted by atomic mass is 10.3. The molecule has 0 unspecified atom stereocenters. The standard InChI is InChI=1S/C7H8NO.C2H6/c1-2-7-4-3-5-8(9)6-7;1-2/h2-6,9H,1H2;1-2H3/q+1;. The van der Waals surface area contributed by atoms with Gasteiger partial charge in [0.25, 0.3) is 0 Å². The molecule has 0 aliphatic carbocycles. The van der Waals surface area contributed by atoms with Crippen LogP contribution >= 0.6 is 0 Å². The Hall–Kier alpha value is -1.31. The summed E-state index contributed by atoms with van der Waals surface area (Å²) in [5.41, 5.74) is 0.903. The molecular weight excluding hydrogens is 138 g/mol. The molecule has 0 amide bonds. The molecule has 11 heavy (non-hydrogen) atoms. The number of pyridine rings is 1. The molecule has 0 bridgehead atoms. The monoisotopic (exact) mass is 152 g/mol. The minimum atomic E-state index is 0.903. The second-order valence-corrected chi connectivity index (χ2v) is 1.72. The average Bonchev–Trinajstić information content (AvgIpc) is 2.08. The van der Waals surface area contributed by atoms with Crippen LogP contribution in [-0.4, -0.2) is 5.21 Å². The summed E-state index contributed by atoms with van der Waals surface area (Å²) < 4.78 is 0.997. The van der Waals surface area contributed by atoms with Gasteiger partial charge in [0, 0.05) is 16.4 Å². The maximum Gasteiger partial charge on any atom is 0.229 e.